The van der Waals surface area contributed by atoms with E-state index in [-0.39, 0.29) is 24.0 Å². The van der Waals surface area contributed by atoms with Crippen LogP contribution < -0.4 is 10.9 Å². The number of aromatic amines is 1. The van der Waals surface area contributed by atoms with E-state index in [1.54, 1.807) is 34.4 Å². The highest BCUT2D eigenvalue weighted by Crippen LogP contribution is 2.33. The number of nitrogens with zero attached hydrogens (tertiary/aromatic N) is 3. The van der Waals surface area contributed by atoms with E-state index >= 15 is 0 Å². The summed E-state index contributed by atoms with van der Waals surface area (Å²) in [7, 11) is 0. The normalized spacial score (nSPS) is 14.6. The Kier molecular flexibility index (Phi) is 6.21. The average molecular weight is 484 g/mol. The van der Waals surface area contributed by atoms with Gasteiger partial charge in [-0.3, -0.25) is 9.69 Å². The summed E-state index contributed by atoms with van der Waals surface area (Å²) in [6.45, 7) is 3.11. The predicted molar refractivity (Wildman–Crippen MR) is 129 cm³/mol. The van der Waals surface area contributed by atoms with Gasteiger partial charge >= 0.3 is 6.03 Å². The third kappa shape index (κ3) is 4.68. The molecule has 3 aromatic heterocycles. The molecule has 4 aromatic rings. The van der Waals surface area contributed by atoms with Crippen molar-refractivity contribution in [3.8, 4) is 10.4 Å². The van der Waals surface area contributed by atoms with Crippen LogP contribution >= 0.6 is 22.7 Å². The fourth-order valence-electron chi connectivity index (χ4n) is 3.93. The van der Waals surface area contributed by atoms with Crippen LogP contribution in [-0.4, -0.2) is 52.0 Å². The molecule has 1 aliphatic heterocycles. The fourth-order valence-corrected chi connectivity index (χ4v) is 5.71. The van der Waals surface area contributed by atoms with Gasteiger partial charge in [-0.2, -0.15) is 0 Å². The first kappa shape index (κ1) is 21.7. The molecule has 5 rings (SSSR count). The van der Waals surface area contributed by atoms with E-state index in [2.05, 4.69) is 20.2 Å². The Hall–Kier alpha value is -3.08. The molecule has 0 bridgehead atoms. The molecule has 0 atom stereocenters. The predicted octanol–water partition coefficient (Wildman–Crippen LogP) is 3.88. The number of carbonyl (C=O) groups excluding carboxylic acids is 1. The van der Waals surface area contributed by atoms with E-state index in [1.165, 1.54) is 17.4 Å². The average Bonchev–Trinajstić information content (AvgIpc) is 3.49. The van der Waals surface area contributed by atoms with Crippen molar-refractivity contribution in [2.24, 2.45) is 0 Å². The highest BCUT2D eigenvalue weighted by molar-refractivity contribution is 7.18. The molecular formula is C23H22FN5O2S2. The standard InChI is InChI=1S/C23H22FN5O2S2/c24-17-5-2-1-4-15(17)12-25-23(31)29-9-7-28(8-10-29)13-19-26-21(30)20-16(14-33-22(20)27-19)18-6-3-11-32-18/h1-6,11,14H,7-10,12-13H2,(H,25,31)(H,26,27,30). The van der Waals surface area contributed by atoms with Crippen LogP contribution in [0.5, 0.6) is 0 Å². The van der Waals surface area contributed by atoms with Gasteiger partial charge in [0, 0.05) is 54.1 Å². The summed E-state index contributed by atoms with van der Waals surface area (Å²) in [4.78, 5) is 38.5. The number of H-pyrrole nitrogens is 1. The molecule has 4 heterocycles. The van der Waals surface area contributed by atoms with Crippen LogP contribution in [0.3, 0.4) is 0 Å². The lowest BCUT2D eigenvalue weighted by atomic mass is 10.2. The molecule has 7 nitrogen and oxygen atoms in total. The van der Waals surface area contributed by atoms with Gasteiger partial charge in [0.05, 0.1) is 11.9 Å². The van der Waals surface area contributed by atoms with Crippen LogP contribution in [-0.2, 0) is 13.1 Å². The van der Waals surface area contributed by atoms with Crippen molar-refractivity contribution in [1.82, 2.24) is 25.1 Å². The minimum Gasteiger partial charge on any atom is -0.334 e. The Labute approximate surface area is 197 Å². The van der Waals surface area contributed by atoms with Gasteiger partial charge in [-0.25, -0.2) is 14.2 Å². The number of fused-ring (bicyclic) bond motifs is 1. The van der Waals surface area contributed by atoms with Crippen molar-refractivity contribution in [3.05, 3.63) is 74.7 Å². The molecule has 2 N–H and O–H groups in total. The van der Waals surface area contributed by atoms with Crippen LogP contribution in [0, 0.1) is 5.82 Å². The molecule has 1 fully saturated rings. The number of rotatable bonds is 5. The van der Waals surface area contributed by atoms with E-state index in [4.69, 9.17) is 0 Å². The first-order valence-corrected chi connectivity index (χ1v) is 12.4. The summed E-state index contributed by atoms with van der Waals surface area (Å²) >= 11 is 3.08. The molecule has 33 heavy (non-hydrogen) atoms. The molecular weight excluding hydrogens is 461 g/mol. The number of nitrogens with one attached hydrogen (secondary N) is 2. The van der Waals surface area contributed by atoms with Gasteiger partial charge in [0.2, 0.25) is 0 Å². The lowest BCUT2D eigenvalue weighted by molar-refractivity contribution is 0.133. The number of amides is 2. The molecule has 10 heteroatoms. The summed E-state index contributed by atoms with van der Waals surface area (Å²) < 4.78 is 13.7. The molecule has 1 aromatic carbocycles. The molecule has 0 saturated carbocycles. The Bertz CT molecular complexity index is 1330. The lowest BCUT2D eigenvalue weighted by Crippen LogP contribution is -2.51. The summed E-state index contributed by atoms with van der Waals surface area (Å²) in [5.41, 5.74) is 1.27. The maximum absolute atomic E-state index is 13.7. The highest BCUT2D eigenvalue weighted by Gasteiger charge is 2.22. The number of aromatic nitrogens is 2. The number of hydrogen-bond donors (Lipinski definition) is 2. The van der Waals surface area contributed by atoms with Crippen LogP contribution in [0.4, 0.5) is 9.18 Å². The van der Waals surface area contributed by atoms with E-state index < -0.39 is 0 Å². The number of hydrogen-bond acceptors (Lipinski definition) is 6. The van der Waals surface area contributed by atoms with E-state index in [0.717, 1.165) is 15.3 Å². The largest absolute Gasteiger partial charge is 0.334 e. The van der Waals surface area contributed by atoms with Crippen LogP contribution in [0.1, 0.15) is 11.4 Å². The van der Waals surface area contributed by atoms with E-state index in [0.29, 0.717) is 49.5 Å². The van der Waals surface area contributed by atoms with Gasteiger partial charge in [-0.1, -0.05) is 24.3 Å². The third-order valence-electron chi connectivity index (χ3n) is 5.70. The molecule has 1 aliphatic rings. The van der Waals surface area contributed by atoms with Crippen molar-refractivity contribution in [3.63, 3.8) is 0 Å². The zero-order valence-electron chi connectivity index (χ0n) is 17.7. The number of urea groups is 1. The maximum Gasteiger partial charge on any atom is 0.317 e. The molecule has 0 radical (unpaired) electrons. The number of halogens is 1. The van der Waals surface area contributed by atoms with Gasteiger partial charge in [0.15, 0.2) is 0 Å². The SMILES string of the molecule is O=C(NCc1ccccc1F)N1CCN(Cc2nc3scc(-c4cccs4)c3c(=O)[nH]2)CC1. The molecule has 0 spiro atoms. The van der Waals surface area contributed by atoms with Gasteiger partial charge in [0.25, 0.3) is 5.56 Å². The van der Waals surface area contributed by atoms with Crippen molar-refractivity contribution >= 4 is 38.9 Å². The Morgan fingerprint density at radius 2 is 1.94 bits per heavy atom. The van der Waals surface area contributed by atoms with Crippen LogP contribution in [0.15, 0.2) is 52.0 Å². The van der Waals surface area contributed by atoms with Crippen molar-refractivity contribution in [2.75, 3.05) is 26.2 Å². The van der Waals surface area contributed by atoms with Crippen molar-refractivity contribution in [1.29, 1.82) is 0 Å². The molecule has 0 aliphatic carbocycles. The number of thiophene rings is 2. The molecule has 2 amide bonds. The summed E-state index contributed by atoms with van der Waals surface area (Å²) in [5.74, 6) is 0.305. The quantitative estimate of drug-likeness (QED) is 0.452. The second kappa shape index (κ2) is 9.42. The second-order valence-electron chi connectivity index (χ2n) is 7.83. The van der Waals surface area contributed by atoms with Gasteiger partial charge in [-0.15, -0.1) is 22.7 Å². The van der Waals surface area contributed by atoms with Crippen LogP contribution in [0.25, 0.3) is 20.7 Å². The first-order chi connectivity index (χ1) is 16.1. The van der Waals surface area contributed by atoms with Gasteiger partial charge in [-0.05, 0) is 17.5 Å². The highest BCUT2D eigenvalue weighted by atomic mass is 32.1. The summed E-state index contributed by atoms with van der Waals surface area (Å²) in [6, 6.07) is 10.2. The van der Waals surface area contributed by atoms with Gasteiger partial charge in [0.1, 0.15) is 16.5 Å². The minimum absolute atomic E-state index is 0.120. The smallest absolute Gasteiger partial charge is 0.317 e. The zero-order valence-corrected chi connectivity index (χ0v) is 19.3. The Morgan fingerprint density at radius 3 is 2.70 bits per heavy atom. The molecule has 0 unspecified atom stereocenters. The first-order valence-electron chi connectivity index (χ1n) is 10.6. The lowest BCUT2D eigenvalue weighted by Gasteiger charge is -2.34. The molecule has 1 saturated heterocycles. The zero-order chi connectivity index (χ0) is 22.8. The number of carbonyl (C=O) groups is 1. The van der Waals surface area contributed by atoms with E-state index in [9.17, 15) is 14.0 Å². The topological polar surface area (TPSA) is 81.3 Å². The maximum atomic E-state index is 13.7. The second-order valence-corrected chi connectivity index (χ2v) is 9.64. The fraction of sp³-hybridized carbons (Fsp3) is 0.261. The van der Waals surface area contributed by atoms with Crippen LogP contribution in [0.2, 0.25) is 0 Å². The summed E-state index contributed by atoms with van der Waals surface area (Å²) in [6.07, 6.45) is 0. The number of piperazine rings is 1. The summed E-state index contributed by atoms with van der Waals surface area (Å²) in [5, 5.41) is 7.41. The monoisotopic (exact) mass is 483 g/mol. The van der Waals surface area contributed by atoms with Crippen molar-refractivity contribution < 1.29 is 9.18 Å². The number of benzene rings is 1. The van der Waals surface area contributed by atoms with Gasteiger partial charge < -0.3 is 15.2 Å². The minimum atomic E-state index is -0.325. The Morgan fingerprint density at radius 1 is 1.12 bits per heavy atom. The van der Waals surface area contributed by atoms with Crippen molar-refractivity contribution in [2.45, 2.75) is 13.1 Å². The third-order valence-corrected chi connectivity index (χ3v) is 7.48. The Balaban J connectivity index is 1.18. The van der Waals surface area contributed by atoms with E-state index in [1.807, 2.05) is 22.9 Å². The molecule has 170 valence electrons.